The number of phenols is 1. The molecule has 0 spiro atoms. The highest BCUT2D eigenvalue weighted by Gasteiger charge is 2.17. The molecule has 17 heavy (non-hydrogen) atoms. The number of rotatable bonds is 3. The molecular formula is C15H16O2. The standard InChI is InChI=1S/C15H16O2/c1-11(13-8-5-9-14(16)10-13)15(17)12-6-3-2-4-7-12/h2-11,15-17H,1H3/t11-,15-/m1/s1. The van der Waals surface area contributed by atoms with Crippen LogP contribution in [0.4, 0.5) is 0 Å². The van der Waals surface area contributed by atoms with Crippen LogP contribution in [0.25, 0.3) is 0 Å². The average molecular weight is 228 g/mol. The van der Waals surface area contributed by atoms with Crippen LogP contribution in [-0.2, 0) is 0 Å². The molecule has 0 aliphatic heterocycles. The molecule has 2 heteroatoms. The molecule has 0 aromatic heterocycles. The number of aliphatic hydroxyl groups is 1. The Balaban J connectivity index is 2.23. The molecule has 2 N–H and O–H groups in total. The summed E-state index contributed by atoms with van der Waals surface area (Å²) in [6.07, 6.45) is -0.557. The molecule has 2 atom stereocenters. The van der Waals surface area contributed by atoms with Gasteiger partial charge in [0, 0.05) is 5.92 Å². The van der Waals surface area contributed by atoms with Gasteiger partial charge in [-0.2, -0.15) is 0 Å². The Morgan fingerprint density at radius 1 is 0.882 bits per heavy atom. The molecule has 2 rings (SSSR count). The van der Waals surface area contributed by atoms with Gasteiger partial charge in [0.05, 0.1) is 6.10 Å². The van der Waals surface area contributed by atoms with Crippen molar-refractivity contribution in [1.82, 2.24) is 0 Å². The number of phenolic OH excluding ortho intramolecular Hbond substituents is 1. The molecule has 0 saturated carbocycles. The van der Waals surface area contributed by atoms with E-state index in [4.69, 9.17) is 0 Å². The third-order valence-corrected chi connectivity index (χ3v) is 3.01. The molecular weight excluding hydrogens is 212 g/mol. The second kappa shape index (κ2) is 5.02. The molecule has 0 radical (unpaired) electrons. The lowest BCUT2D eigenvalue weighted by Crippen LogP contribution is -2.07. The van der Waals surface area contributed by atoms with E-state index in [1.54, 1.807) is 18.2 Å². The van der Waals surface area contributed by atoms with Gasteiger partial charge in [0.15, 0.2) is 0 Å². The van der Waals surface area contributed by atoms with Gasteiger partial charge in [-0.1, -0.05) is 49.4 Å². The van der Waals surface area contributed by atoms with Crippen LogP contribution in [0.2, 0.25) is 0 Å². The maximum atomic E-state index is 10.3. The van der Waals surface area contributed by atoms with Crippen molar-refractivity contribution in [3.63, 3.8) is 0 Å². The summed E-state index contributed by atoms with van der Waals surface area (Å²) in [5.41, 5.74) is 1.82. The maximum absolute atomic E-state index is 10.3. The quantitative estimate of drug-likeness (QED) is 0.846. The van der Waals surface area contributed by atoms with E-state index in [-0.39, 0.29) is 11.7 Å². The Labute approximate surface area is 101 Å². The summed E-state index contributed by atoms with van der Waals surface area (Å²) in [7, 11) is 0. The highest BCUT2D eigenvalue weighted by Crippen LogP contribution is 2.31. The summed E-state index contributed by atoms with van der Waals surface area (Å²) in [6.45, 7) is 1.95. The first kappa shape index (κ1) is 11.7. The van der Waals surface area contributed by atoms with Gasteiger partial charge in [-0.05, 0) is 23.3 Å². The molecule has 0 unspecified atom stereocenters. The minimum Gasteiger partial charge on any atom is -0.508 e. The van der Waals surface area contributed by atoms with E-state index in [9.17, 15) is 10.2 Å². The van der Waals surface area contributed by atoms with Crippen molar-refractivity contribution in [2.24, 2.45) is 0 Å². The van der Waals surface area contributed by atoms with Crippen molar-refractivity contribution < 1.29 is 10.2 Å². The van der Waals surface area contributed by atoms with Crippen molar-refractivity contribution in [3.8, 4) is 5.75 Å². The predicted molar refractivity (Wildman–Crippen MR) is 67.9 cm³/mol. The molecule has 0 heterocycles. The summed E-state index contributed by atoms with van der Waals surface area (Å²) in [5, 5.41) is 19.7. The van der Waals surface area contributed by atoms with Crippen molar-refractivity contribution in [3.05, 3.63) is 65.7 Å². The second-order valence-corrected chi connectivity index (χ2v) is 4.24. The van der Waals surface area contributed by atoms with Gasteiger partial charge in [-0.3, -0.25) is 0 Å². The number of aromatic hydroxyl groups is 1. The van der Waals surface area contributed by atoms with Gasteiger partial charge in [0.2, 0.25) is 0 Å². The van der Waals surface area contributed by atoms with Crippen LogP contribution in [0.1, 0.15) is 30.1 Å². The zero-order valence-electron chi connectivity index (χ0n) is 9.75. The minimum atomic E-state index is -0.557. The third kappa shape index (κ3) is 2.66. The first-order chi connectivity index (χ1) is 8.18. The zero-order valence-corrected chi connectivity index (χ0v) is 9.75. The summed E-state index contributed by atoms with van der Waals surface area (Å²) in [6, 6.07) is 16.6. The van der Waals surface area contributed by atoms with Crippen LogP contribution in [0.3, 0.4) is 0 Å². The molecule has 88 valence electrons. The van der Waals surface area contributed by atoms with Crippen LogP contribution in [-0.4, -0.2) is 10.2 Å². The maximum Gasteiger partial charge on any atom is 0.115 e. The van der Waals surface area contributed by atoms with E-state index in [2.05, 4.69) is 0 Å². The lowest BCUT2D eigenvalue weighted by molar-refractivity contribution is 0.151. The fourth-order valence-corrected chi connectivity index (χ4v) is 1.93. The van der Waals surface area contributed by atoms with Gasteiger partial charge in [0.1, 0.15) is 5.75 Å². The summed E-state index contributed by atoms with van der Waals surface area (Å²) < 4.78 is 0. The van der Waals surface area contributed by atoms with Gasteiger partial charge in [-0.15, -0.1) is 0 Å². The number of hydrogen-bond donors (Lipinski definition) is 2. The lowest BCUT2D eigenvalue weighted by Gasteiger charge is -2.19. The van der Waals surface area contributed by atoms with E-state index in [1.165, 1.54) is 0 Å². The topological polar surface area (TPSA) is 40.5 Å². The third-order valence-electron chi connectivity index (χ3n) is 3.01. The highest BCUT2D eigenvalue weighted by molar-refractivity contribution is 5.32. The average Bonchev–Trinajstić information content (AvgIpc) is 2.38. The number of aliphatic hydroxyl groups excluding tert-OH is 1. The SMILES string of the molecule is C[C@H](c1cccc(O)c1)[C@@H](O)c1ccccc1. The minimum absolute atomic E-state index is 0.0514. The Morgan fingerprint density at radius 2 is 1.53 bits per heavy atom. The molecule has 2 aromatic rings. The fraction of sp³-hybridized carbons (Fsp3) is 0.200. The fourth-order valence-electron chi connectivity index (χ4n) is 1.93. The Kier molecular flexibility index (Phi) is 3.45. The highest BCUT2D eigenvalue weighted by atomic mass is 16.3. The Hall–Kier alpha value is -1.80. The van der Waals surface area contributed by atoms with Crippen LogP contribution in [0, 0.1) is 0 Å². The van der Waals surface area contributed by atoms with Crippen LogP contribution in [0.5, 0.6) is 5.75 Å². The molecule has 0 saturated heterocycles. The van der Waals surface area contributed by atoms with E-state index >= 15 is 0 Å². The Bertz CT molecular complexity index is 479. The van der Waals surface area contributed by atoms with Gasteiger partial charge in [0.25, 0.3) is 0 Å². The normalized spacial score (nSPS) is 14.2. The van der Waals surface area contributed by atoms with Crippen LogP contribution < -0.4 is 0 Å². The van der Waals surface area contributed by atoms with Crippen molar-refractivity contribution in [1.29, 1.82) is 0 Å². The number of benzene rings is 2. The largest absolute Gasteiger partial charge is 0.508 e. The van der Waals surface area contributed by atoms with E-state index in [1.807, 2.05) is 43.3 Å². The summed E-state index contributed by atoms with van der Waals surface area (Å²) in [5.74, 6) is 0.180. The molecule has 2 aromatic carbocycles. The van der Waals surface area contributed by atoms with Gasteiger partial charge >= 0.3 is 0 Å². The zero-order chi connectivity index (χ0) is 12.3. The van der Waals surface area contributed by atoms with E-state index in [0.29, 0.717) is 0 Å². The molecule has 0 amide bonds. The molecule has 0 aliphatic rings. The summed E-state index contributed by atoms with van der Waals surface area (Å²) >= 11 is 0. The number of hydrogen-bond acceptors (Lipinski definition) is 2. The van der Waals surface area contributed by atoms with Crippen LogP contribution in [0.15, 0.2) is 54.6 Å². The van der Waals surface area contributed by atoms with Crippen molar-refractivity contribution in [2.75, 3.05) is 0 Å². The van der Waals surface area contributed by atoms with Gasteiger partial charge < -0.3 is 10.2 Å². The Morgan fingerprint density at radius 3 is 2.18 bits per heavy atom. The van der Waals surface area contributed by atoms with Crippen LogP contribution >= 0.6 is 0 Å². The second-order valence-electron chi connectivity index (χ2n) is 4.24. The summed E-state index contributed by atoms with van der Waals surface area (Å²) in [4.78, 5) is 0. The predicted octanol–water partition coefficient (Wildman–Crippen LogP) is 3.23. The van der Waals surface area contributed by atoms with E-state index < -0.39 is 6.10 Å². The molecule has 2 nitrogen and oxygen atoms in total. The van der Waals surface area contributed by atoms with E-state index in [0.717, 1.165) is 11.1 Å². The monoisotopic (exact) mass is 228 g/mol. The van der Waals surface area contributed by atoms with Crippen molar-refractivity contribution in [2.45, 2.75) is 18.9 Å². The first-order valence-corrected chi connectivity index (χ1v) is 5.70. The first-order valence-electron chi connectivity index (χ1n) is 5.70. The van der Waals surface area contributed by atoms with Crippen molar-refractivity contribution >= 4 is 0 Å². The smallest absolute Gasteiger partial charge is 0.115 e. The lowest BCUT2D eigenvalue weighted by atomic mass is 9.91. The molecule has 0 fully saturated rings. The van der Waals surface area contributed by atoms with Gasteiger partial charge in [-0.25, -0.2) is 0 Å². The molecule has 0 aliphatic carbocycles. The molecule has 0 bridgehead atoms.